The number of hydrogen-bond acceptors (Lipinski definition) is 4. The number of nitrogens with one attached hydrogen (secondary N) is 1. The van der Waals surface area contributed by atoms with Crippen LogP contribution < -0.4 is 11.1 Å². The van der Waals surface area contributed by atoms with Crippen LogP contribution in [0.2, 0.25) is 0 Å². The molecule has 0 fully saturated rings. The molecular weight excluding hydrogens is 345 g/mol. The minimum atomic E-state index is -3.76. The second-order valence-electron chi connectivity index (χ2n) is 5.23. The first kappa shape index (κ1) is 18.9. The fourth-order valence-corrected chi connectivity index (χ4v) is 3.40. The van der Waals surface area contributed by atoms with Gasteiger partial charge in [-0.15, -0.1) is 0 Å². The summed E-state index contributed by atoms with van der Waals surface area (Å²) in [5.41, 5.74) is 7.41. The predicted molar refractivity (Wildman–Crippen MR) is 95.7 cm³/mol. The van der Waals surface area contributed by atoms with Crippen molar-refractivity contribution < 1.29 is 17.5 Å². The highest BCUT2D eigenvalue weighted by molar-refractivity contribution is 7.91. The van der Waals surface area contributed by atoms with Crippen molar-refractivity contribution in [2.45, 2.75) is 11.5 Å². The van der Waals surface area contributed by atoms with Crippen molar-refractivity contribution in [2.24, 2.45) is 10.7 Å². The van der Waals surface area contributed by atoms with Crippen LogP contribution in [-0.4, -0.2) is 33.8 Å². The smallest absolute Gasteiger partial charge is 0.193 e. The molecule has 0 aliphatic rings. The van der Waals surface area contributed by atoms with Crippen LogP contribution in [0.15, 0.2) is 58.4 Å². The molecule has 0 saturated heterocycles. The van der Waals surface area contributed by atoms with Crippen LogP contribution >= 0.6 is 0 Å². The van der Waals surface area contributed by atoms with Crippen LogP contribution in [-0.2, 0) is 21.2 Å². The third-order valence-electron chi connectivity index (χ3n) is 3.39. The molecule has 0 spiro atoms. The van der Waals surface area contributed by atoms with E-state index in [-0.39, 0.29) is 23.2 Å². The highest BCUT2D eigenvalue weighted by atomic mass is 32.2. The second kappa shape index (κ2) is 8.59. The number of methoxy groups -OCH3 is 1. The number of halogens is 1. The Morgan fingerprint density at radius 3 is 2.60 bits per heavy atom. The van der Waals surface area contributed by atoms with Gasteiger partial charge in [0.1, 0.15) is 10.7 Å². The van der Waals surface area contributed by atoms with E-state index in [1.807, 2.05) is 24.3 Å². The zero-order valence-electron chi connectivity index (χ0n) is 13.8. The summed E-state index contributed by atoms with van der Waals surface area (Å²) in [7, 11) is -2.18. The van der Waals surface area contributed by atoms with Crippen molar-refractivity contribution >= 4 is 21.5 Å². The molecule has 25 heavy (non-hydrogen) atoms. The molecule has 0 unspecified atom stereocenters. The molecule has 0 heterocycles. The number of nitrogens with zero attached hydrogens (tertiary/aromatic N) is 1. The minimum absolute atomic E-state index is 0.0762. The van der Waals surface area contributed by atoms with Crippen molar-refractivity contribution in [3.8, 4) is 0 Å². The Bertz CT molecular complexity index is 854. The maximum Gasteiger partial charge on any atom is 0.193 e. The van der Waals surface area contributed by atoms with Gasteiger partial charge in [0.25, 0.3) is 0 Å². The standard InChI is InChI=1S/C17H20FN3O3S/c1-24-12-13-6-2-4-8-15(13)21-17(19)20-10-11-25(22,23)16-9-5-3-7-14(16)18/h2-9H,10-12H2,1H3,(H3,19,20,21). The van der Waals surface area contributed by atoms with Gasteiger partial charge in [-0.25, -0.2) is 12.8 Å². The lowest BCUT2D eigenvalue weighted by molar-refractivity contribution is 0.185. The number of aliphatic imine (C=N–C) groups is 1. The molecule has 0 radical (unpaired) electrons. The van der Waals surface area contributed by atoms with E-state index in [4.69, 9.17) is 10.5 Å². The third kappa shape index (κ3) is 5.27. The number of ether oxygens (including phenoxy) is 1. The average molecular weight is 365 g/mol. The number of benzene rings is 2. The molecule has 2 aromatic carbocycles. The fourth-order valence-electron chi connectivity index (χ4n) is 2.19. The molecule has 0 atom stereocenters. The lowest BCUT2D eigenvalue weighted by Gasteiger charge is -2.11. The number of rotatable bonds is 7. The van der Waals surface area contributed by atoms with E-state index in [2.05, 4.69) is 10.3 Å². The Morgan fingerprint density at radius 1 is 1.20 bits per heavy atom. The van der Waals surface area contributed by atoms with Gasteiger partial charge in [-0.1, -0.05) is 30.3 Å². The van der Waals surface area contributed by atoms with E-state index >= 15 is 0 Å². The highest BCUT2D eigenvalue weighted by Crippen LogP contribution is 2.16. The van der Waals surface area contributed by atoms with Gasteiger partial charge in [0, 0.05) is 18.4 Å². The van der Waals surface area contributed by atoms with Crippen molar-refractivity contribution in [2.75, 3.05) is 24.7 Å². The Hall–Kier alpha value is -2.45. The number of nitrogens with two attached hydrogens (primary N) is 1. The van der Waals surface area contributed by atoms with Crippen LogP contribution in [0.3, 0.4) is 0 Å². The molecule has 3 N–H and O–H groups in total. The van der Waals surface area contributed by atoms with Crippen LogP contribution in [0.1, 0.15) is 5.56 Å². The molecule has 0 saturated carbocycles. The van der Waals surface area contributed by atoms with Gasteiger partial charge in [0.05, 0.1) is 18.9 Å². The van der Waals surface area contributed by atoms with Gasteiger partial charge >= 0.3 is 0 Å². The van der Waals surface area contributed by atoms with Crippen molar-refractivity contribution in [3.63, 3.8) is 0 Å². The van der Waals surface area contributed by atoms with E-state index < -0.39 is 15.7 Å². The monoisotopic (exact) mass is 365 g/mol. The van der Waals surface area contributed by atoms with Crippen LogP contribution in [0.4, 0.5) is 10.1 Å². The number of sulfone groups is 1. The van der Waals surface area contributed by atoms with Gasteiger partial charge in [-0.2, -0.15) is 0 Å². The largest absolute Gasteiger partial charge is 0.380 e. The lowest BCUT2D eigenvalue weighted by atomic mass is 10.2. The summed E-state index contributed by atoms with van der Waals surface area (Å²) in [6.07, 6.45) is 0. The van der Waals surface area contributed by atoms with Crippen molar-refractivity contribution in [3.05, 3.63) is 59.9 Å². The summed E-state index contributed by atoms with van der Waals surface area (Å²) in [6.45, 7) is 0.320. The molecule has 0 amide bonds. The Balaban J connectivity index is 2.01. The van der Waals surface area contributed by atoms with Crippen LogP contribution in [0, 0.1) is 5.82 Å². The zero-order valence-corrected chi connectivity index (χ0v) is 14.6. The molecule has 0 aliphatic heterocycles. The van der Waals surface area contributed by atoms with Crippen LogP contribution in [0.5, 0.6) is 0 Å². The Kier molecular flexibility index (Phi) is 6.49. The Morgan fingerprint density at radius 2 is 1.88 bits per heavy atom. The predicted octanol–water partition coefficient (Wildman–Crippen LogP) is 2.17. The minimum Gasteiger partial charge on any atom is -0.380 e. The summed E-state index contributed by atoms with van der Waals surface area (Å²) in [4.78, 5) is 3.67. The number of para-hydroxylation sites is 1. The summed E-state index contributed by atoms with van der Waals surface area (Å²) in [6, 6.07) is 12.6. The molecule has 134 valence electrons. The molecule has 6 nitrogen and oxygen atoms in total. The molecular formula is C17H20FN3O3S. The average Bonchev–Trinajstić information content (AvgIpc) is 2.57. The first-order valence-corrected chi connectivity index (χ1v) is 9.20. The van der Waals surface area contributed by atoms with E-state index in [1.165, 1.54) is 18.2 Å². The van der Waals surface area contributed by atoms with Gasteiger partial charge in [0.15, 0.2) is 15.8 Å². The summed E-state index contributed by atoms with van der Waals surface area (Å²) in [5.74, 6) is -1.03. The van der Waals surface area contributed by atoms with E-state index in [0.29, 0.717) is 6.61 Å². The fraction of sp³-hybridized carbons (Fsp3) is 0.235. The van der Waals surface area contributed by atoms with E-state index in [9.17, 15) is 12.8 Å². The van der Waals surface area contributed by atoms with Gasteiger partial charge in [-0.05, 0) is 18.2 Å². The maximum absolute atomic E-state index is 13.6. The van der Waals surface area contributed by atoms with Crippen molar-refractivity contribution in [1.29, 1.82) is 0 Å². The molecule has 0 aromatic heterocycles. The first-order chi connectivity index (χ1) is 11.9. The molecule has 0 bridgehead atoms. The summed E-state index contributed by atoms with van der Waals surface area (Å²) < 4.78 is 43.0. The molecule has 2 aromatic rings. The third-order valence-corrected chi connectivity index (χ3v) is 5.12. The summed E-state index contributed by atoms with van der Waals surface area (Å²) in [5, 5.41) is 2.91. The van der Waals surface area contributed by atoms with Gasteiger partial charge in [-0.3, -0.25) is 4.99 Å². The second-order valence-corrected chi connectivity index (χ2v) is 7.31. The number of guanidine groups is 1. The first-order valence-electron chi connectivity index (χ1n) is 7.55. The topological polar surface area (TPSA) is 93.8 Å². The molecule has 2 rings (SSSR count). The Labute approximate surface area is 146 Å². The number of anilines is 1. The molecule has 8 heteroatoms. The molecule has 0 aliphatic carbocycles. The van der Waals surface area contributed by atoms with Crippen molar-refractivity contribution in [1.82, 2.24) is 0 Å². The number of hydrogen-bond donors (Lipinski definition) is 2. The van der Waals surface area contributed by atoms with E-state index in [0.717, 1.165) is 17.3 Å². The normalized spacial score (nSPS) is 12.2. The quantitative estimate of drug-likeness (QED) is 0.579. The van der Waals surface area contributed by atoms with Gasteiger partial charge < -0.3 is 15.8 Å². The lowest BCUT2D eigenvalue weighted by Crippen LogP contribution is -2.24. The van der Waals surface area contributed by atoms with Crippen LogP contribution in [0.25, 0.3) is 0 Å². The summed E-state index contributed by atoms with van der Waals surface area (Å²) >= 11 is 0. The highest BCUT2D eigenvalue weighted by Gasteiger charge is 2.18. The van der Waals surface area contributed by atoms with E-state index in [1.54, 1.807) is 7.11 Å². The zero-order chi connectivity index (χ0) is 18.3. The SMILES string of the molecule is COCc1ccccc1NC(N)=NCCS(=O)(=O)c1ccccc1F. The van der Waals surface area contributed by atoms with Gasteiger partial charge in [0.2, 0.25) is 0 Å². The maximum atomic E-state index is 13.6.